The summed E-state index contributed by atoms with van der Waals surface area (Å²) >= 11 is 0. The molecule has 0 aromatic heterocycles. The first-order valence-electron chi connectivity index (χ1n) is 9.42. The van der Waals surface area contributed by atoms with Crippen molar-refractivity contribution in [3.8, 4) is 0 Å². The number of carbonyl (C=O) groups excluding carboxylic acids is 1. The van der Waals surface area contributed by atoms with E-state index in [1.54, 1.807) is 0 Å². The fourth-order valence-corrected chi connectivity index (χ4v) is 4.16. The number of hydrogen-bond acceptors (Lipinski definition) is 3. The van der Waals surface area contributed by atoms with Gasteiger partial charge in [-0.1, -0.05) is 37.1 Å². The van der Waals surface area contributed by atoms with Gasteiger partial charge in [-0.05, 0) is 56.8 Å². The molecule has 1 aromatic carbocycles. The van der Waals surface area contributed by atoms with E-state index in [1.807, 2.05) is 6.92 Å². The highest BCUT2D eigenvalue weighted by Crippen LogP contribution is 2.31. The molecule has 2 atom stereocenters. The molecular formula is C20H31N3O. The zero-order chi connectivity index (χ0) is 17.0. The third kappa shape index (κ3) is 4.17. The van der Waals surface area contributed by atoms with Crippen molar-refractivity contribution >= 4 is 5.91 Å². The topological polar surface area (TPSA) is 58.4 Å². The van der Waals surface area contributed by atoms with Crippen LogP contribution in [-0.2, 0) is 17.9 Å². The van der Waals surface area contributed by atoms with E-state index >= 15 is 0 Å². The number of rotatable bonds is 5. The number of nitrogens with zero attached hydrogens (tertiary/aromatic N) is 1. The molecule has 2 aliphatic rings. The molecule has 2 fully saturated rings. The van der Waals surface area contributed by atoms with Crippen molar-refractivity contribution in [1.82, 2.24) is 10.2 Å². The standard InChI is InChI=1S/C20H31N3O/c1-20(21)11-5-4-10-18(20)19(24)22-14-16-8-2-3-9-17(16)15-23-12-6-7-13-23/h2-3,8-9,18H,4-7,10-15,21H2,1H3,(H,22,24). The lowest BCUT2D eigenvalue weighted by Crippen LogP contribution is -2.52. The van der Waals surface area contributed by atoms with Crippen LogP contribution < -0.4 is 11.1 Å². The molecule has 3 N–H and O–H groups in total. The lowest BCUT2D eigenvalue weighted by molar-refractivity contribution is -0.128. The van der Waals surface area contributed by atoms with Crippen LogP contribution in [0.1, 0.15) is 56.6 Å². The van der Waals surface area contributed by atoms with Crippen molar-refractivity contribution in [2.45, 2.75) is 64.1 Å². The van der Waals surface area contributed by atoms with E-state index in [-0.39, 0.29) is 17.4 Å². The lowest BCUT2D eigenvalue weighted by atomic mass is 9.74. The molecule has 24 heavy (non-hydrogen) atoms. The number of nitrogens with two attached hydrogens (primary N) is 1. The summed E-state index contributed by atoms with van der Waals surface area (Å²) in [7, 11) is 0. The van der Waals surface area contributed by atoms with Gasteiger partial charge >= 0.3 is 0 Å². The van der Waals surface area contributed by atoms with Crippen LogP contribution >= 0.6 is 0 Å². The van der Waals surface area contributed by atoms with Crippen LogP contribution in [0.2, 0.25) is 0 Å². The molecular weight excluding hydrogens is 298 g/mol. The molecule has 1 saturated heterocycles. The van der Waals surface area contributed by atoms with E-state index in [0.717, 1.165) is 32.2 Å². The molecule has 132 valence electrons. The number of likely N-dealkylation sites (tertiary alicyclic amines) is 1. The van der Waals surface area contributed by atoms with Gasteiger partial charge in [-0.25, -0.2) is 0 Å². The third-order valence-corrected chi connectivity index (χ3v) is 5.73. The Bertz CT molecular complexity index is 564. The third-order valence-electron chi connectivity index (χ3n) is 5.73. The highest BCUT2D eigenvalue weighted by atomic mass is 16.1. The van der Waals surface area contributed by atoms with Gasteiger partial charge < -0.3 is 11.1 Å². The molecule has 1 aromatic rings. The monoisotopic (exact) mass is 329 g/mol. The minimum absolute atomic E-state index is 0.0583. The Hall–Kier alpha value is -1.39. The largest absolute Gasteiger partial charge is 0.352 e. The van der Waals surface area contributed by atoms with Crippen molar-refractivity contribution in [3.05, 3.63) is 35.4 Å². The molecule has 1 saturated carbocycles. The summed E-state index contributed by atoms with van der Waals surface area (Å²) in [6, 6.07) is 8.47. The molecule has 1 amide bonds. The average Bonchev–Trinajstić information content (AvgIpc) is 3.06. The predicted molar refractivity (Wildman–Crippen MR) is 97.4 cm³/mol. The SMILES string of the molecule is CC1(N)CCCCC1C(=O)NCc1ccccc1CN1CCCC1. The van der Waals surface area contributed by atoms with Crippen LogP contribution in [-0.4, -0.2) is 29.4 Å². The van der Waals surface area contributed by atoms with Gasteiger partial charge in [0, 0.05) is 18.6 Å². The fourth-order valence-electron chi connectivity index (χ4n) is 4.16. The normalized spacial score (nSPS) is 28.0. The van der Waals surface area contributed by atoms with Gasteiger partial charge in [0.1, 0.15) is 0 Å². The van der Waals surface area contributed by atoms with Crippen molar-refractivity contribution in [2.24, 2.45) is 11.7 Å². The van der Waals surface area contributed by atoms with Crippen molar-refractivity contribution in [2.75, 3.05) is 13.1 Å². The maximum atomic E-state index is 12.6. The number of hydrogen-bond donors (Lipinski definition) is 2. The van der Waals surface area contributed by atoms with Gasteiger partial charge in [0.15, 0.2) is 0 Å². The Labute approximate surface area is 145 Å². The van der Waals surface area contributed by atoms with Crippen molar-refractivity contribution < 1.29 is 4.79 Å². The Morgan fingerprint density at radius 3 is 2.62 bits per heavy atom. The molecule has 0 spiro atoms. The Morgan fingerprint density at radius 1 is 1.21 bits per heavy atom. The summed E-state index contributed by atoms with van der Waals surface area (Å²) in [5, 5.41) is 3.15. The second-order valence-electron chi connectivity index (χ2n) is 7.77. The van der Waals surface area contributed by atoms with E-state index < -0.39 is 0 Å². The van der Waals surface area contributed by atoms with Crippen molar-refractivity contribution in [1.29, 1.82) is 0 Å². The molecule has 1 heterocycles. The summed E-state index contributed by atoms with van der Waals surface area (Å²) in [6.45, 7) is 6.00. The zero-order valence-electron chi connectivity index (χ0n) is 14.9. The summed E-state index contributed by atoms with van der Waals surface area (Å²) in [5.74, 6) is 0.0627. The van der Waals surface area contributed by atoms with Crippen LogP contribution in [0.4, 0.5) is 0 Å². The molecule has 3 rings (SSSR count). The quantitative estimate of drug-likeness (QED) is 0.873. The Balaban J connectivity index is 1.60. The number of benzene rings is 1. The summed E-state index contributed by atoms with van der Waals surface area (Å²) in [5.41, 5.74) is 8.56. The van der Waals surface area contributed by atoms with E-state index in [1.165, 1.54) is 37.1 Å². The van der Waals surface area contributed by atoms with Gasteiger partial charge in [0.25, 0.3) is 0 Å². The molecule has 1 aliphatic carbocycles. The Kier molecular flexibility index (Phi) is 5.57. The van der Waals surface area contributed by atoms with Crippen LogP contribution in [0.5, 0.6) is 0 Å². The maximum absolute atomic E-state index is 12.6. The van der Waals surface area contributed by atoms with Gasteiger partial charge in [-0.2, -0.15) is 0 Å². The molecule has 4 heteroatoms. The second-order valence-corrected chi connectivity index (χ2v) is 7.77. The number of amides is 1. The van der Waals surface area contributed by atoms with Gasteiger partial charge in [-0.15, -0.1) is 0 Å². The van der Waals surface area contributed by atoms with E-state index in [4.69, 9.17) is 5.73 Å². The summed E-state index contributed by atoms with van der Waals surface area (Å²) in [4.78, 5) is 15.1. The molecule has 0 bridgehead atoms. The minimum atomic E-state index is -0.364. The smallest absolute Gasteiger partial charge is 0.225 e. The van der Waals surface area contributed by atoms with Crippen LogP contribution in [0.25, 0.3) is 0 Å². The first-order valence-corrected chi connectivity index (χ1v) is 9.42. The Morgan fingerprint density at radius 2 is 1.92 bits per heavy atom. The summed E-state index contributed by atoms with van der Waals surface area (Å²) < 4.78 is 0. The second kappa shape index (κ2) is 7.66. The zero-order valence-corrected chi connectivity index (χ0v) is 14.9. The summed E-state index contributed by atoms with van der Waals surface area (Å²) in [6.07, 6.45) is 6.70. The van der Waals surface area contributed by atoms with E-state index in [2.05, 4.69) is 34.5 Å². The fraction of sp³-hybridized carbons (Fsp3) is 0.650. The van der Waals surface area contributed by atoms with Gasteiger partial charge in [-0.3, -0.25) is 9.69 Å². The van der Waals surface area contributed by atoms with E-state index in [0.29, 0.717) is 6.54 Å². The first kappa shape index (κ1) is 17.4. The predicted octanol–water partition coefficient (Wildman–Crippen LogP) is 2.81. The molecule has 1 aliphatic heterocycles. The number of carbonyl (C=O) groups is 1. The lowest BCUT2D eigenvalue weighted by Gasteiger charge is -2.37. The highest BCUT2D eigenvalue weighted by Gasteiger charge is 2.37. The van der Waals surface area contributed by atoms with E-state index in [9.17, 15) is 4.79 Å². The molecule has 4 nitrogen and oxygen atoms in total. The van der Waals surface area contributed by atoms with Crippen LogP contribution in [0.15, 0.2) is 24.3 Å². The average molecular weight is 329 g/mol. The van der Waals surface area contributed by atoms with Crippen LogP contribution in [0, 0.1) is 5.92 Å². The van der Waals surface area contributed by atoms with Crippen molar-refractivity contribution in [3.63, 3.8) is 0 Å². The van der Waals surface area contributed by atoms with Gasteiger partial charge in [0.2, 0.25) is 5.91 Å². The van der Waals surface area contributed by atoms with Gasteiger partial charge in [0.05, 0.1) is 5.92 Å². The first-order chi connectivity index (χ1) is 11.6. The molecule has 2 unspecified atom stereocenters. The maximum Gasteiger partial charge on any atom is 0.225 e. The highest BCUT2D eigenvalue weighted by molar-refractivity contribution is 5.80. The van der Waals surface area contributed by atoms with Crippen LogP contribution in [0.3, 0.4) is 0 Å². The number of nitrogens with one attached hydrogen (secondary N) is 1. The molecule has 0 radical (unpaired) electrons. The minimum Gasteiger partial charge on any atom is -0.352 e.